The number of hydrogen-bond donors (Lipinski definition) is 1. The van der Waals surface area contributed by atoms with Crippen molar-refractivity contribution in [3.63, 3.8) is 0 Å². The summed E-state index contributed by atoms with van der Waals surface area (Å²) in [7, 11) is 0. The van der Waals surface area contributed by atoms with Crippen LogP contribution in [0.5, 0.6) is 5.75 Å². The number of aromatic nitrogens is 2. The molecule has 1 amide bonds. The molecule has 0 radical (unpaired) electrons. The molecule has 0 fully saturated rings. The normalized spacial score (nSPS) is 16.6. The highest BCUT2D eigenvalue weighted by atomic mass is 16.3. The number of phenolic OH excluding ortho intramolecular Hbond substituents is 1. The largest absolute Gasteiger partial charge is 0.507 e. The molecule has 36 heavy (non-hydrogen) atoms. The molecular formula is C31H26N3O2+. The number of hydrogen-bond acceptors (Lipinski definition) is 3. The predicted molar refractivity (Wildman–Crippen MR) is 141 cm³/mol. The van der Waals surface area contributed by atoms with Crippen molar-refractivity contribution in [2.24, 2.45) is 0 Å². The van der Waals surface area contributed by atoms with Crippen molar-refractivity contribution in [1.82, 2.24) is 14.0 Å². The summed E-state index contributed by atoms with van der Waals surface area (Å²) in [6.45, 7) is 1.76. The number of amides is 1. The van der Waals surface area contributed by atoms with E-state index in [0.29, 0.717) is 18.7 Å². The summed E-state index contributed by atoms with van der Waals surface area (Å²) in [5, 5.41) is 10.3. The lowest BCUT2D eigenvalue weighted by molar-refractivity contribution is 0.0736. The molecule has 3 heterocycles. The third-order valence-corrected chi connectivity index (χ3v) is 7.06. The second-order valence-electron chi connectivity index (χ2n) is 9.30. The lowest BCUT2D eigenvalue weighted by Gasteiger charge is -2.35. The maximum atomic E-state index is 14.6. The van der Waals surface area contributed by atoms with Crippen LogP contribution in [0.1, 0.15) is 27.2 Å². The zero-order chi connectivity index (χ0) is 24.5. The molecule has 1 unspecified atom stereocenters. The van der Waals surface area contributed by atoms with E-state index in [9.17, 15) is 9.90 Å². The highest BCUT2D eigenvalue weighted by Crippen LogP contribution is 2.38. The summed E-state index contributed by atoms with van der Waals surface area (Å²) < 4.78 is 2.37. The van der Waals surface area contributed by atoms with Crippen molar-refractivity contribution < 1.29 is 9.90 Å². The van der Waals surface area contributed by atoms with Gasteiger partial charge in [-0.1, -0.05) is 54.6 Å². The van der Waals surface area contributed by atoms with Crippen LogP contribution in [-0.2, 0) is 19.6 Å². The number of carbonyl (C=O) groups is 1. The third kappa shape index (κ3) is 3.80. The first-order valence-electron chi connectivity index (χ1n) is 12.1. The van der Waals surface area contributed by atoms with Gasteiger partial charge in [-0.3, -0.25) is 4.98 Å². The molecule has 1 atom stereocenters. The number of aromatic hydroxyl groups is 1. The molecule has 1 aliphatic rings. The number of pyridine rings is 1. The van der Waals surface area contributed by atoms with Crippen molar-refractivity contribution in [2.75, 3.05) is 0 Å². The number of nitrogens with zero attached hydrogens (tertiary/aromatic N) is 3. The molecule has 0 saturated carbocycles. The molecule has 5 heteroatoms. The first-order chi connectivity index (χ1) is 17.6. The van der Waals surface area contributed by atoms with Crippen molar-refractivity contribution >= 4 is 11.6 Å². The maximum absolute atomic E-state index is 14.6. The van der Waals surface area contributed by atoms with Gasteiger partial charge in [-0.05, 0) is 42.0 Å². The Morgan fingerprint density at radius 1 is 0.889 bits per heavy atom. The van der Waals surface area contributed by atoms with Gasteiger partial charge in [0.25, 0.3) is 0 Å². The average molecular weight is 473 g/mol. The topological polar surface area (TPSA) is 55.1 Å². The van der Waals surface area contributed by atoms with E-state index in [4.69, 9.17) is 0 Å². The van der Waals surface area contributed by atoms with E-state index >= 15 is 0 Å². The van der Waals surface area contributed by atoms with Crippen LogP contribution in [-0.4, -0.2) is 20.6 Å². The summed E-state index contributed by atoms with van der Waals surface area (Å²) in [5.74, 6) is 0.253. The standard InChI is InChI=1S/C31H25N3O2/c35-30-12-4-2-10-28(30)24-13-15-25(16-14-24)31(36)34(21-23-7-5-17-32-19-23)22-27-9-6-18-33(27)20-26-8-1-3-11-29(26)34/h1-19H,20-22H2/p+1. The molecule has 1 N–H and O–H groups in total. The Balaban J connectivity index is 1.50. The van der Waals surface area contributed by atoms with Crippen LogP contribution in [0.2, 0.25) is 0 Å². The van der Waals surface area contributed by atoms with Gasteiger partial charge in [0.05, 0.1) is 17.8 Å². The Labute approximate surface area is 210 Å². The smallest absolute Gasteiger partial charge is 0.351 e. The Kier molecular flexibility index (Phi) is 5.47. The number of para-hydroxylation sites is 2. The van der Waals surface area contributed by atoms with Crippen molar-refractivity contribution in [1.29, 1.82) is 0 Å². The first-order valence-corrected chi connectivity index (χ1v) is 12.1. The van der Waals surface area contributed by atoms with Gasteiger partial charge in [0.1, 0.15) is 24.5 Å². The summed E-state index contributed by atoms with van der Waals surface area (Å²) in [5.41, 5.74) is 6.52. The summed E-state index contributed by atoms with van der Waals surface area (Å²) in [4.78, 5) is 18.9. The van der Waals surface area contributed by atoms with Crippen molar-refractivity contribution in [3.8, 4) is 16.9 Å². The molecule has 2 aromatic heterocycles. The quantitative estimate of drug-likeness (QED) is 0.319. The first kappa shape index (κ1) is 22.0. The van der Waals surface area contributed by atoms with E-state index < -0.39 is 0 Å². The molecule has 1 aliphatic heterocycles. The van der Waals surface area contributed by atoms with Gasteiger partial charge in [0.2, 0.25) is 0 Å². The van der Waals surface area contributed by atoms with Crippen LogP contribution in [0.3, 0.4) is 0 Å². The van der Waals surface area contributed by atoms with Gasteiger partial charge < -0.3 is 9.67 Å². The Bertz CT molecular complexity index is 1540. The Morgan fingerprint density at radius 3 is 2.50 bits per heavy atom. The minimum Gasteiger partial charge on any atom is -0.507 e. The fourth-order valence-electron chi connectivity index (χ4n) is 5.31. The fraction of sp³-hybridized carbons (Fsp3) is 0.0968. The van der Waals surface area contributed by atoms with Gasteiger partial charge >= 0.3 is 5.91 Å². The molecular weight excluding hydrogens is 446 g/mol. The van der Waals surface area contributed by atoms with Gasteiger partial charge in [-0.25, -0.2) is 9.28 Å². The van der Waals surface area contributed by atoms with E-state index in [-0.39, 0.29) is 16.1 Å². The van der Waals surface area contributed by atoms with Crippen LogP contribution in [0.15, 0.2) is 116 Å². The second-order valence-corrected chi connectivity index (χ2v) is 9.30. The van der Waals surface area contributed by atoms with Crippen LogP contribution in [0, 0.1) is 0 Å². The highest BCUT2D eigenvalue weighted by molar-refractivity contribution is 6.03. The molecule has 5 aromatic rings. The van der Waals surface area contributed by atoms with E-state index in [1.165, 1.54) is 0 Å². The summed E-state index contributed by atoms with van der Waals surface area (Å²) in [6.07, 6.45) is 5.69. The van der Waals surface area contributed by atoms with Gasteiger partial charge in [-0.15, -0.1) is 0 Å². The number of fused-ring (bicyclic) bond motifs is 2. The van der Waals surface area contributed by atoms with Gasteiger partial charge in [0.15, 0.2) is 0 Å². The number of benzene rings is 3. The molecule has 176 valence electrons. The van der Waals surface area contributed by atoms with Crippen LogP contribution in [0.25, 0.3) is 11.1 Å². The molecule has 3 aromatic carbocycles. The molecule has 5 nitrogen and oxygen atoms in total. The fourth-order valence-corrected chi connectivity index (χ4v) is 5.31. The number of phenols is 1. The van der Waals surface area contributed by atoms with Gasteiger partial charge in [0, 0.05) is 41.3 Å². The molecule has 0 saturated heterocycles. The van der Waals surface area contributed by atoms with Crippen molar-refractivity contribution in [3.05, 3.63) is 138 Å². The molecule has 6 rings (SSSR count). The SMILES string of the molecule is O=C(c1ccc(-c2ccccc2O)cc1)[N+]1(Cc2cccnc2)Cc2cccn2Cc2ccccc21. The van der Waals surface area contributed by atoms with Crippen LogP contribution < -0.4 is 4.48 Å². The minimum absolute atomic E-state index is 0.0322. The van der Waals surface area contributed by atoms with E-state index in [1.54, 1.807) is 18.3 Å². The number of rotatable bonds is 4. The monoisotopic (exact) mass is 472 g/mol. The Morgan fingerprint density at radius 2 is 1.69 bits per heavy atom. The number of quaternary nitrogens is 1. The van der Waals surface area contributed by atoms with Gasteiger partial charge in [-0.2, -0.15) is 0 Å². The molecule has 0 spiro atoms. The zero-order valence-corrected chi connectivity index (χ0v) is 19.8. The second kappa shape index (κ2) is 8.95. The number of carbonyl (C=O) groups excluding carboxylic acids is 1. The summed E-state index contributed by atoms with van der Waals surface area (Å²) in [6, 6.07) is 31.2. The van der Waals surface area contributed by atoms with Crippen molar-refractivity contribution in [2.45, 2.75) is 19.6 Å². The average Bonchev–Trinajstić information content (AvgIpc) is 3.30. The van der Waals surface area contributed by atoms with Crippen LogP contribution >= 0.6 is 0 Å². The molecule has 0 bridgehead atoms. The molecule has 0 aliphatic carbocycles. The highest BCUT2D eigenvalue weighted by Gasteiger charge is 2.44. The predicted octanol–water partition coefficient (Wildman–Crippen LogP) is 6.17. The summed E-state index contributed by atoms with van der Waals surface area (Å²) >= 11 is 0. The van der Waals surface area contributed by atoms with E-state index in [2.05, 4.69) is 33.9 Å². The third-order valence-electron chi connectivity index (χ3n) is 7.06. The lowest BCUT2D eigenvalue weighted by atomic mass is 10.0. The minimum atomic E-state index is 0.0322. The lowest BCUT2D eigenvalue weighted by Crippen LogP contribution is -2.53. The van der Waals surface area contributed by atoms with E-state index in [1.807, 2.05) is 72.9 Å². The zero-order valence-electron chi connectivity index (χ0n) is 19.8. The van der Waals surface area contributed by atoms with E-state index in [0.717, 1.165) is 40.2 Å². The van der Waals surface area contributed by atoms with Crippen LogP contribution in [0.4, 0.5) is 5.69 Å². The maximum Gasteiger partial charge on any atom is 0.351 e. The Hall–Kier alpha value is -4.48.